The fourth-order valence-corrected chi connectivity index (χ4v) is 15.5. The van der Waals surface area contributed by atoms with Gasteiger partial charge in [-0.15, -0.1) is 0 Å². The monoisotopic (exact) mass is 1420 g/mol. The van der Waals surface area contributed by atoms with Crippen molar-refractivity contribution in [3.8, 4) is 40.2 Å². The van der Waals surface area contributed by atoms with Crippen LogP contribution >= 0.6 is 0 Å². The number of benzene rings is 12. The molecular formula is C93H82N8O7. The van der Waals surface area contributed by atoms with Crippen LogP contribution < -0.4 is 38.6 Å². The zero-order valence-electron chi connectivity index (χ0n) is 60.8. The fourth-order valence-electron chi connectivity index (χ4n) is 15.5. The molecule has 0 amide bonds. The lowest BCUT2D eigenvalue weighted by atomic mass is 9.96. The predicted molar refractivity (Wildman–Crippen MR) is 423 cm³/mol. The van der Waals surface area contributed by atoms with Crippen LogP contribution in [0.15, 0.2) is 331 Å². The Labute approximate surface area is 630 Å². The molecule has 20 rings (SSSR count). The second-order valence-electron chi connectivity index (χ2n) is 27.7. The quantitative estimate of drug-likeness (QED) is 0.132. The highest BCUT2D eigenvalue weighted by atomic mass is 16.5. The number of hydrogen-bond acceptors (Lipinski definition) is 15. The molecule has 0 bridgehead atoms. The first-order valence-electron chi connectivity index (χ1n) is 36.8. The molecule has 1 N–H and O–H groups in total. The molecule has 12 aromatic rings. The Bertz CT molecular complexity index is 5320. The van der Waals surface area contributed by atoms with Gasteiger partial charge in [0.1, 0.15) is 28.7 Å². The molecule has 108 heavy (non-hydrogen) atoms. The number of nitrogens with zero attached hydrogens (tertiary/aromatic N) is 7. The van der Waals surface area contributed by atoms with Crippen molar-refractivity contribution >= 4 is 22.8 Å². The predicted octanol–water partition coefficient (Wildman–Crippen LogP) is 20.1. The normalized spacial score (nSPS) is 20.5. The maximum atomic E-state index is 6.46. The fraction of sp³-hybridized carbons (Fsp3) is 0.172. The van der Waals surface area contributed by atoms with E-state index in [1.54, 1.807) is 21.3 Å². The van der Waals surface area contributed by atoms with E-state index in [1.165, 1.54) is 44.5 Å². The van der Waals surface area contributed by atoms with Crippen molar-refractivity contribution < 1.29 is 33.2 Å². The van der Waals surface area contributed by atoms with Gasteiger partial charge in [-0.3, -0.25) is 0 Å². The minimum Gasteiger partial charge on any atom is -0.497 e. The van der Waals surface area contributed by atoms with Gasteiger partial charge in [-0.05, 0) is 103 Å². The van der Waals surface area contributed by atoms with E-state index in [1.807, 2.05) is 127 Å². The van der Waals surface area contributed by atoms with Crippen molar-refractivity contribution in [2.75, 3.05) is 21.3 Å². The number of ether oxygens (including phenoxy) is 7. The number of methoxy groups -OCH3 is 3. The van der Waals surface area contributed by atoms with Crippen molar-refractivity contribution in [2.24, 2.45) is 15.3 Å². The molecular weight excluding hydrogens is 1340 g/mol. The van der Waals surface area contributed by atoms with Crippen molar-refractivity contribution in [3.63, 3.8) is 0 Å². The first-order valence-corrected chi connectivity index (χ1v) is 36.8. The minimum atomic E-state index is -0.256. The number of para-hydroxylation sites is 3. The Morgan fingerprint density at radius 3 is 1.19 bits per heavy atom. The highest BCUT2D eigenvalue weighted by Crippen LogP contribution is 2.52. The highest BCUT2D eigenvalue weighted by Gasteiger charge is 2.45. The van der Waals surface area contributed by atoms with Crippen LogP contribution in [-0.4, -0.2) is 58.5 Å². The Morgan fingerprint density at radius 1 is 0.324 bits per heavy atom. The van der Waals surface area contributed by atoms with Crippen LogP contribution in [0.1, 0.15) is 146 Å². The average Bonchev–Trinajstić information content (AvgIpc) is 1.43. The molecule has 8 atom stereocenters. The third-order valence-corrected chi connectivity index (χ3v) is 20.9. The second-order valence-corrected chi connectivity index (χ2v) is 27.7. The summed E-state index contributed by atoms with van der Waals surface area (Å²) in [7, 11) is 4.97. The first kappa shape index (κ1) is 68.3. The molecule has 8 aliphatic heterocycles. The molecule has 0 radical (unpaired) electrons. The summed E-state index contributed by atoms with van der Waals surface area (Å²) in [5, 5.41) is 23.5. The lowest BCUT2D eigenvalue weighted by molar-refractivity contribution is -0.0327. The Hall–Kier alpha value is -12.9. The summed E-state index contributed by atoms with van der Waals surface area (Å²) < 4.78 is 41.6. The van der Waals surface area contributed by atoms with Gasteiger partial charge in [-0.25, -0.2) is 15.0 Å². The zero-order chi connectivity index (χ0) is 73.0. The van der Waals surface area contributed by atoms with E-state index in [4.69, 9.17) is 48.5 Å². The van der Waals surface area contributed by atoms with Gasteiger partial charge in [0.2, 0.25) is 18.7 Å². The summed E-state index contributed by atoms with van der Waals surface area (Å²) in [5.74, 6) is 6.05. The van der Waals surface area contributed by atoms with Crippen LogP contribution in [0.4, 0.5) is 0 Å². The molecule has 0 saturated carbocycles. The molecule has 15 nitrogen and oxygen atoms in total. The second kappa shape index (κ2) is 30.3. The van der Waals surface area contributed by atoms with Gasteiger partial charge in [-0.2, -0.15) is 20.3 Å². The first-order chi connectivity index (χ1) is 53.2. The Kier molecular flexibility index (Phi) is 19.2. The highest BCUT2D eigenvalue weighted by molar-refractivity contribution is 6.03. The van der Waals surface area contributed by atoms with Crippen molar-refractivity contribution in [3.05, 3.63) is 393 Å². The number of hydrogen-bond donors (Lipinski definition) is 1. The topological polar surface area (TPSA) is 127 Å². The summed E-state index contributed by atoms with van der Waals surface area (Å²) >= 11 is 0. The van der Waals surface area contributed by atoms with Gasteiger partial charge in [0.25, 0.3) is 0 Å². The van der Waals surface area contributed by atoms with Crippen LogP contribution in [0.25, 0.3) is 5.70 Å². The van der Waals surface area contributed by atoms with E-state index in [-0.39, 0.29) is 49.1 Å². The molecule has 0 saturated heterocycles. The van der Waals surface area contributed by atoms with Gasteiger partial charge >= 0.3 is 0 Å². The summed E-state index contributed by atoms with van der Waals surface area (Å²) in [6, 6.07) is 106. The van der Waals surface area contributed by atoms with E-state index in [0.29, 0.717) is 11.5 Å². The number of fused-ring (bicyclic) bond motifs is 12. The smallest absolute Gasteiger partial charge is 0.213 e. The molecule has 8 unspecified atom stereocenters. The Morgan fingerprint density at radius 2 is 0.722 bits per heavy atom. The zero-order valence-corrected chi connectivity index (χ0v) is 60.8. The van der Waals surface area contributed by atoms with E-state index in [9.17, 15) is 0 Å². The molecule has 8 heterocycles. The van der Waals surface area contributed by atoms with E-state index in [0.717, 1.165) is 104 Å². The van der Waals surface area contributed by atoms with Crippen LogP contribution in [-0.2, 0) is 0 Å². The van der Waals surface area contributed by atoms with Crippen LogP contribution in [0.2, 0.25) is 0 Å². The number of aryl methyl sites for hydroxylation is 2. The summed E-state index contributed by atoms with van der Waals surface area (Å²) in [6.45, 7) is 4.24. The van der Waals surface area contributed by atoms with Crippen molar-refractivity contribution in [1.82, 2.24) is 25.5 Å². The minimum absolute atomic E-state index is 0.133. The molecule has 0 aliphatic carbocycles. The number of nitrogens with one attached hydrogen (secondary N) is 1. The maximum Gasteiger partial charge on any atom is 0.213 e. The molecule has 0 fully saturated rings. The average molecular weight is 1420 g/mol. The van der Waals surface area contributed by atoms with Gasteiger partial charge in [0.15, 0.2) is 17.7 Å². The Balaban J connectivity index is 0.000000106. The molecule has 12 aromatic carbocycles. The van der Waals surface area contributed by atoms with Crippen LogP contribution in [0, 0.1) is 13.8 Å². The number of hydrazone groups is 3. The lowest BCUT2D eigenvalue weighted by Crippen LogP contribution is -2.43. The van der Waals surface area contributed by atoms with Crippen LogP contribution in [0.3, 0.4) is 0 Å². The van der Waals surface area contributed by atoms with E-state index >= 15 is 0 Å². The third-order valence-electron chi connectivity index (χ3n) is 20.9. The molecule has 15 heteroatoms. The molecule has 0 spiro atoms. The van der Waals surface area contributed by atoms with Crippen molar-refractivity contribution in [2.45, 2.75) is 82.2 Å². The summed E-state index contributed by atoms with van der Waals surface area (Å²) in [6.07, 6.45) is 4.02. The van der Waals surface area contributed by atoms with Gasteiger partial charge in [-0.1, -0.05) is 254 Å². The van der Waals surface area contributed by atoms with Gasteiger partial charge in [0.05, 0.1) is 68.3 Å². The maximum absolute atomic E-state index is 6.46. The largest absolute Gasteiger partial charge is 0.497 e. The SMILES string of the molecule is COc1ccc(C2=NN3C(C2)c2ccccc2OC3c2ccccc2)cc1.COc1ccc(C2=NN3C(C2)c2ccccc2OC3c2ccccc2)cc1OC.Cc1cccc(C2Oc3ccc(C)cc3C3C=C(c4ccccc4)NN32)c1.c1ccc(C2=NN3C(C2)c2ccccc2OC3c2ccccc2)cc1. The van der Waals surface area contributed by atoms with Gasteiger partial charge < -0.3 is 38.6 Å². The number of hydrazine groups is 1. The van der Waals surface area contributed by atoms with Crippen molar-refractivity contribution in [1.29, 1.82) is 0 Å². The molecule has 8 aliphatic rings. The summed E-state index contributed by atoms with van der Waals surface area (Å²) in [5.41, 5.74) is 24.2. The number of rotatable bonds is 11. The van der Waals surface area contributed by atoms with Crippen LogP contribution in [0.5, 0.6) is 40.2 Å². The van der Waals surface area contributed by atoms with Gasteiger partial charge in [0, 0.05) is 69.3 Å². The summed E-state index contributed by atoms with van der Waals surface area (Å²) in [4.78, 5) is 0. The standard InChI is InChI=1S/C24H22N2O3.C24H22N2O.C23H20N2O2.C22H18N2O/c1-27-22-13-12-17(14-23(22)28-2)19-15-20-18-10-6-7-11-21(18)29-24(26(20)25-19)16-8-4-3-5-9-16;1-16-7-6-10-19(13-16)24-26-22(20-14-17(2)11-12-23(20)27-24)15-21(25-26)18-8-4-3-5-9-18;1-26-18-13-11-16(12-14-18)20-15-21-19-9-5-6-10-22(19)27-23(25(21)24-20)17-7-3-2-4-8-17;1-3-9-16(10-4-1)19-15-20-18-13-7-8-14-21(18)25-22(24(20)23-19)17-11-5-2-6-12-17/h3-14,20,24H,15H2,1-2H3;3-15,22,24-25H,1-2H3;2-14,21,23H,15H2,1H3;1-14,20,22H,15H2. The lowest BCUT2D eigenvalue weighted by Gasteiger charge is -2.39. The molecule has 0 aromatic heterocycles. The van der Waals surface area contributed by atoms with E-state index in [2.05, 4.69) is 227 Å². The van der Waals surface area contributed by atoms with E-state index < -0.39 is 0 Å². The third kappa shape index (κ3) is 13.7. The molecule has 536 valence electrons.